The van der Waals surface area contributed by atoms with Crippen LogP contribution in [0.25, 0.3) is 0 Å². The molecule has 0 amide bonds. The maximum atomic E-state index is 12.1. The number of rotatable bonds is 6. The van der Waals surface area contributed by atoms with Crippen molar-refractivity contribution in [2.24, 2.45) is 5.73 Å². The minimum atomic E-state index is -3.01. The average Bonchev–Trinajstić information content (AvgIpc) is 3.03. The lowest BCUT2D eigenvalue weighted by atomic mass is 9.94. The maximum absolute atomic E-state index is 12.1. The van der Waals surface area contributed by atoms with E-state index in [1.54, 1.807) is 0 Å². The van der Waals surface area contributed by atoms with E-state index in [4.69, 9.17) is 5.73 Å². The van der Waals surface area contributed by atoms with Crippen molar-refractivity contribution in [1.82, 2.24) is 4.90 Å². The Bertz CT molecular complexity index is 392. The minimum Gasteiger partial charge on any atom is -0.329 e. The molecule has 106 valence electrons. The van der Waals surface area contributed by atoms with Crippen LogP contribution in [0, 0.1) is 0 Å². The van der Waals surface area contributed by atoms with Crippen molar-refractivity contribution in [1.29, 1.82) is 0 Å². The number of hydrogen-bond acceptors (Lipinski definition) is 4. The average molecular weight is 274 g/mol. The molecular formula is C13H26N2O2S. The number of nitrogens with zero attached hydrogens (tertiary/aromatic N) is 1. The van der Waals surface area contributed by atoms with Crippen molar-refractivity contribution in [2.45, 2.75) is 62.3 Å². The monoisotopic (exact) mass is 274 g/mol. The zero-order valence-corrected chi connectivity index (χ0v) is 12.4. The Morgan fingerprint density at radius 1 is 1.33 bits per heavy atom. The molecule has 2 atom stereocenters. The lowest BCUT2D eigenvalue weighted by molar-refractivity contribution is 0.0921. The Morgan fingerprint density at radius 2 is 2.00 bits per heavy atom. The Hall–Kier alpha value is -0.130. The van der Waals surface area contributed by atoms with Crippen molar-refractivity contribution >= 4 is 9.84 Å². The summed E-state index contributed by atoms with van der Waals surface area (Å²) in [6.45, 7) is 3.61. The Balaban J connectivity index is 2.32. The van der Waals surface area contributed by atoms with Crippen LogP contribution in [0.2, 0.25) is 0 Å². The molecule has 2 rings (SSSR count). The fourth-order valence-corrected chi connectivity index (χ4v) is 5.45. The molecule has 0 saturated heterocycles. The summed E-state index contributed by atoms with van der Waals surface area (Å²) in [4.78, 5) is 2.44. The Labute approximate surface area is 111 Å². The van der Waals surface area contributed by atoms with E-state index in [-0.39, 0.29) is 10.8 Å². The van der Waals surface area contributed by atoms with Gasteiger partial charge in [0.15, 0.2) is 9.84 Å². The van der Waals surface area contributed by atoms with Crippen LogP contribution >= 0.6 is 0 Å². The van der Waals surface area contributed by atoms with E-state index in [0.29, 0.717) is 12.6 Å². The molecule has 0 aromatic heterocycles. The molecule has 2 fully saturated rings. The van der Waals surface area contributed by atoms with Crippen LogP contribution < -0.4 is 5.73 Å². The zero-order chi connectivity index (χ0) is 13.4. The molecule has 18 heavy (non-hydrogen) atoms. The topological polar surface area (TPSA) is 63.4 Å². The van der Waals surface area contributed by atoms with Crippen LogP contribution in [0.1, 0.15) is 45.4 Å². The molecule has 2 saturated carbocycles. The second-order valence-corrected chi connectivity index (χ2v) is 8.17. The van der Waals surface area contributed by atoms with Gasteiger partial charge in [-0.15, -0.1) is 0 Å². The fourth-order valence-electron chi connectivity index (χ4n) is 3.71. The van der Waals surface area contributed by atoms with Gasteiger partial charge in [0.05, 0.1) is 10.8 Å². The summed E-state index contributed by atoms with van der Waals surface area (Å²) in [5.41, 5.74) is 5.76. The smallest absolute Gasteiger partial charge is 0.152 e. The van der Waals surface area contributed by atoms with Crippen LogP contribution in [-0.2, 0) is 9.84 Å². The molecule has 0 heterocycles. The van der Waals surface area contributed by atoms with Gasteiger partial charge in [-0.3, -0.25) is 4.90 Å². The number of sulfone groups is 1. The Kier molecular flexibility index (Phi) is 4.04. The molecule has 0 spiro atoms. The maximum Gasteiger partial charge on any atom is 0.152 e. The van der Waals surface area contributed by atoms with E-state index in [2.05, 4.69) is 11.8 Å². The van der Waals surface area contributed by atoms with Gasteiger partial charge in [0.25, 0.3) is 0 Å². The summed E-state index contributed by atoms with van der Waals surface area (Å²) in [7, 11) is -3.01. The minimum absolute atomic E-state index is 0.262. The van der Waals surface area contributed by atoms with E-state index in [9.17, 15) is 8.42 Å². The SMILES string of the molecule is CCCN(C1CC1)C1(CN)CCCC1S(C)(=O)=O. The van der Waals surface area contributed by atoms with Crippen LogP contribution in [0.15, 0.2) is 0 Å². The molecule has 0 radical (unpaired) electrons. The molecule has 0 aromatic carbocycles. The van der Waals surface area contributed by atoms with Crippen molar-refractivity contribution in [2.75, 3.05) is 19.3 Å². The van der Waals surface area contributed by atoms with Crippen LogP contribution in [-0.4, -0.2) is 49.5 Å². The summed E-state index contributed by atoms with van der Waals surface area (Å²) in [6.07, 6.45) is 7.57. The van der Waals surface area contributed by atoms with Gasteiger partial charge in [-0.25, -0.2) is 8.42 Å². The van der Waals surface area contributed by atoms with Gasteiger partial charge >= 0.3 is 0 Å². The van der Waals surface area contributed by atoms with Crippen molar-refractivity contribution in [3.63, 3.8) is 0 Å². The molecular weight excluding hydrogens is 248 g/mol. The predicted molar refractivity (Wildman–Crippen MR) is 74.3 cm³/mol. The summed E-state index contributed by atoms with van der Waals surface area (Å²) in [5.74, 6) is 0. The van der Waals surface area contributed by atoms with Gasteiger partial charge in [-0.05, 0) is 38.6 Å². The van der Waals surface area contributed by atoms with E-state index in [1.165, 1.54) is 19.1 Å². The molecule has 0 aromatic rings. The number of hydrogen-bond donors (Lipinski definition) is 1. The van der Waals surface area contributed by atoms with E-state index >= 15 is 0 Å². The highest BCUT2D eigenvalue weighted by atomic mass is 32.2. The van der Waals surface area contributed by atoms with Crippen molar-refractivity contribution in [3.8, 4) is 0 Å². The summed E-state index contributed by atoms with van der Waals surface area (Å²) in [5, 5.41) is -0.262. The third kappa shape index (κ3) is 2.45. The van der Waals surface area contributed by atoms with E-state index in [0.717, 1.165) is 32.2 Å². The van der Waals surface area contributed by atoms with Gasteiger partial charge < -0.3 is 5.73 Å². The van der Waals surface area contributed by atoms with Crippen LogP contribution in [0.3, 0.4) is 0 Å². The van der Waals surface area contributed by atoms with Crippen molar-refractivity contribution < 1.29 is 8.42 Å². The molecule has 5 heteroatoms. The largest absolute Gasteiger partial charge is 0.329 e. The first-order valence-electron chi connectivity index (χ1n) is 7.11. The second-order valence-electron chi connectivity index (χ2n) is 5.94. The lowest BCUT2D eigenvalue weighted by Gasteiger charge is -2.44. The van der Waals surface area contributed by atoms with Gasteiger partial charge in [0.2, 0.25) is 0 Å². The molecule has 2 aliphatic carbocycles. The first-order valence-corrected chi connectivity index (χ1v) is 9.07. The molecule has 4 nitrogen and oxygen atoms in total. The van der Waals surface area contributed by atoms with Gasteiger partial charge in [-0.1, -0.05) is 13.3 Å². The lowest BCUT2D eigenvalue weighted by Crippen LogP contribution is -2.61. The second kappa shape index (κ2) is 5.10. The molecule has 0 aliphatic heterocycles. The number of nitrogens with two attached hydrogens (primary N) is 1. The van der Waals surface area contributed by atoms with E-state index in [1.807, 2.05) is 0 Å². The third-order valence-electron chi connectivity index (χ3n) is 4.57. The van der Waals surface area contributed by atoms with Crippen LogP contribution in [0.4, 0.5) is 0 Å². The summed E-state index contributed by atoms with van der Waals surface area (Å²) >= 11 is 0. The fraction of sp³-hybridized carbons (Fsp3) is 1.00. The standard InChI is InChI=1S/C13H26N2O2S/c1-3-9-15(11-6-7-11)13(10-14)8-4-5-12(13)18(2,16)17/h11-12H,3-10,14H2,1-2H3. The summed E-state index contributed by atoms with van der Waals surface area (Å²) < 4.78 is 24.2. The van der Waals surface area contributed by atoms with Gasteiger partial charge in [-0.2, -0.15) is 0 Å². The van der Waals surface area contributed by atoms with E-state index < -0.39 is 9.84 Å². The molecule has 2 aliphatic rings. The molecule has 2 N–H and O–H groups in total. The first kappa shape index (κ1) is 14.3. The van der Waals surface area contributed by atoms with Gasteiger partial charge in [0.1, 0.15) is 0 Å². The quantitative estimate of drug-likeness (QED) is 0.789. The first-order chi connectivity index (χ1) is 8.45. The zero-order valence-electron chi connectivity index (χ0n) is 11.6. The highest BCUT2D eigenvalue weighted by Gasteiger charge is 2.53. The van der Waals surface area contributed by atoms with Crippen LogP contribution in [0.5, 0.6) is 0 Å². The molecule has 2 unspecified atom stereocenters. The van der Waals surface area contributed by atoms with Gasteiger partial charge in [0, 0.05) is 18.8 Å². The highest BCUT2D eigenvalue weighted by Crippen LogP contribution is 2.44. The molecule has 0 bridgehead atoms. The highest BCUT2D eigenvalue weighted by molar-refractivity contribution is 7.91. The Morgan fingerprint density at radius 3 is 2.44 bits per heavy atom. The third-order valence-corrected chi connectivity index (χ3v) is 6.28. The summed E-state index contributed by atoms with van der Waals surface area (Å²) in [6, 6.07) is 0.579. The normalized spacial score (nSPS) is 33.2. The van der Waals surface area contributed by atoms with Crippen molar-refractivity contribution in [3.05, 3.63) is 0 Å². The predicted octanol–water partition coefficient (Wildman–Crippen LogP) is 1.16.